The van der Waals surface area contributed by atoms with Crippen molar-refractivity contribution in [2.75, 3.05) is 0 Å². The number of aromatic hydroxyl groups is 1. The number of phenols is 1. The summed E-state index contributed by atoms with van der Waals surface area (Å²) in [5.41, 5.74) is 2.91. The molecular formula is C15H16O3. The number of hydrogen-bond donors (Lipinski definition) is 2. The number of benzene rings is 2. The third kappa shape index (κ3) is 2.81. The Bertz CT molecular complexity index is 535. The van der Waals surface area contributed by atoms with E-state index < -0.39 is 0 Å². The fraction of sp³-hybridized carbons (Fsp3) is 0.200. The Morgan fingerprint density at radius 2 is 1.89 bits per heavy atom. The molecule has 0 atom stereocenters. The second-order valence-corrected chi connectivity index (χ2v) is 4.16. The topological polar surface area (TPSA) is 49.7 Å². The van der Waals surface area contributed by atoms with Gasteiger partial charge in [0.15, 0.2) is 0 Å². The molecule has 94 valence electrons. The molecule has 0 aliphatic carbocycles. The number of phenolic OH excluding ortho intramolecular Hbond substituents is 1. The predicted octanol–water partition coefficient (Wildman–Crippen LogP) is 2.77. The average Bonchev–Trinajstić information content (AvgIpc) is 2.36. The normalized spacial score (nSPS) is 10.3. The zero-order chi connectivity index (χ0) is 13.0. The van der Waals surface area contributed by atoms with Crippen LogP contribution in [0.15, 0.2) is 42.5 Å². The Kier molecular flexibility index (Phi) is 3.85. The first kappa shape index (κ1) is 12.5. The lowest BCUT2D eigenvalue weighted by molar-refractivity contribution is 0.268. The fourth-order valence-electron chi connectivity index (χ4n) is 1.86. The van der Waals surface area contributed by atoms with Gasteiger partial charge in [0.2, 0.25) is 0 Å². The lowest BCUT2D eigenvalue weighted by Gasteiger charge is -2.12. The maximum absolute atomic E-state index is 9.35. The molecule has 0 heterocycles. The average molecular weight is 244 g/mol. The van der Waals surface area contributed by atoms with E-state index in [1.165, 1.54) is 0 Å². The van der Waals surface area contributed by atoms with Gasteiger partial charge in [0.05, 0.1) is 6.61 Å². The van der Waals surface area contributed by atoms with Crippen molar-refractivity contribution in [2.24, 2.45) is 0 Å². The van der Waals surface area contributed by atoms with Crippen LogP contribution in [0, 0.1) is 6.92 Å². The fourth-order valence-corrected chi connectivity index (χ4v) is 1.86. The van der Waals surface area contributed by atoms with Crippen LogP contribution >= 0.6 is 0 Å². The van der Waals surface area contributed by atoms with Gasteiger partial charge in [0.1, 0.15) is 18.1 Å². The van der Waals surface area contributed by atoms with Crippen LogP contribution in [0.1, 0.15) is 16.7 Å². The smallest absolute Gasteiger partial charge is 0.123 e. The van der Waals surface area contributed by atoms with E-state index in [1.54, 1.807) is 24.3 Å². The molecule has 2 N–H and O–H groups in total. The highest BCUT2D eigenvalue weighted by Crippen LogP contribution is 2.21. The van der Waals surface area contributed by atoms with Crippen molar-refractivity contribution in [1.82, 2.24) is 0 Å². The van der Waals surface area contributed by atoms with Crippen molar-refractivity contribution < 1.29 is 14.9 Å². The standard InChI is InChI=1S/C15H16O3/c1-11-4-2-5-12(15(11)9-16)10-18-14-7-3-6-13(17)8-14/h2-8,16-17H,9-10H2,1H3. The van der Waals surface area contributed by atoms with Gasteiger partial charge in [-0.15, -0.1) is 0 Å². The quantitative estimate of drug-likeness (QED) is 0.869. The SMILES string of the molecule is Cc1cccc(COc2cccc(O)c2)c1CO. The summed E-state index contributed by atoms with van der Waals surface area (Å²) in [6.07, 6.45) is 0. The Morgan fingerprint density at radius 1 is 1.11 bits per heavy atom. The van der Waals surface area contributed by atoms with E-state index in [2.05, 4.69) is 0 Å². The van der Waals surface area contributed by atoms with Gasteiger partial charge in [-0.1, -0.05) is 24.3 Å². The van der Waals surface area contributed by atoms with E-state index in [-0.39, 0.29) is 12.4 Å². The van der Waals surface area contributed by atoms with Crippen LogP contribution in [0.25, 0.3) is 0 Å². The van der Waals surface area contributed by atoms with Crippen molar-refractivity contribution >= 4 is 0 Å². The second kappa shape index (κ2) is 5.56. The number of aliphatic hydroxyl groups is 1. The maximum Gasteiger partial charge on any atom is 0.123 e. The molecule has 2 rings (SSSR count). The molecule has 18 heavy (non-hydrogen) atoms. The first-order valence-electron chi connectivity index (χ1n) is 5.81. The zero-order valence-electron chi connectivity index (χ0n) is 10.3. The van der Waals surface area contributed by atoms with Crippen LogP contribution in [-0.4, -0.2) is 10.2 Å². The summed E-state index contributed by atoms with van der Waals surface area (Å²) in [5, 5.41) is 18.7. The molecule has 0 fully saturated rings. The Labute approximate surface area is 106 Å². The first-order valence-corrected chi connectivity index (χ1v) is 5.81. The van der Waals surface area contributed by atoms with E-state index >= 15 is 0 Å². The van der Waals surface area contributed by atoms with E-state index in [0.29, 0.717) is 12.4 Å². The van der Waals surface area contributed by atoms with Crippen molar-refractivity contribution in [1.29, 1.82) is 0 Å². The van der Waals surface area contributed by atoms with Gasteiger partial charge >= 0.3 is 0 Å². The Hall–Kier alpha value is -2.00. The highest BCUT2D eigenvalue weighted by Gasteiger charge is 2.05. The number of aryl methyl sites for hydroxylation is 1. The minimum absolute atomic E-state index is 0.00536. The molecule has 0 bridgehead atoms. The summed E-state index contributed by atoms with van der Waals surface area (Å²) < 4.78 is 5.60. The molecule has 0 saturated heterocycles. The third-order valence-corrected chi connectivity index (χ3v) is 2.88. The summed E-state index contributed by atoms with van der Waals surface area (Å²) in [5.74, 6) is 0.791. The minimum atomic E-state index is 0.00536. The van der Waals surface area contributed by atoms with Gasteiger partial charge in [-0.3, -0.25) is 0 Å². The van der Waals surface area contributed by atoms with Crippen LogP contribution < -0.4 is 4.74 Å². The zero-order valence-corrected chi connectivity index (χ0v) is 10.3. The highest BCUT2D eigenvalue weighted by atomic mass is 16.5. The monoisotopic (exact) mass is 244 g/mol. The summed E-state index contributed by atoms with van der Waals surface area (Å²) in [7, 11) is 0. The molecule has 0 unspecified atom stereocenters. The number of hydrogen-bond acceptors (Lipinski definition) is 3. The van der Waals surface area contributed by atoms with Gasteiger partial charge in [0, 0.05) is 6.07 Å². The van der Waals surface area contributed by atoms with E-state index in [0.717, 1.165) is 16.7 Å². The van der Waals surface area contributed by atoms with Crippen LogP contribution in [-0.2, 0) is 13.2 Å². The van der Waals surface area contributed by atoms with Gasteiger partial charge in [0.25, 0.3) is 0 Å². The number of ether oxygens (including phenoxy) is 1. The molecule has 2 aromatic rings. The van der Waals surface area contributed by atoms with Gasteiger partial charge < -0.3 is 14.9 Å². The molecule has 3 heteroatoms. The highest BCUT2D eigenvalue weighted by molar-refractivity contribution is 5.35. The molecule has 2 aromatic carbocycles. The summed E-state index contributed by atoms with van der Waals surface area (Å²) >= 11 is 0. The number of aliphatic hydroxyl groups excluding tert-OH is 1. The molecule has 0 aromatic heterocycles. The van der Waals surface area contributed by atoms with Crippen LogP contribution in [0.4, 0.5) is 0 Å². The largest absolute Gasteiger partial charge is 0.508 e. The molecule has 3 nitrogen and oxygen atoms in total. The molecule has 0 amide bonds. The molecule has 0 saturated carbocycles. The summed E-state index contributed by atoms with van der Waals surface area (Å²) in [6, 6.07) is 12.5. The van der Waals surface area contributed by atoms with Gasteiger partial charge in [-0.05, 0) is 35.7 Å². The second-order valence-electron chi connectivity index (χ2n) is 4.16. The van der Waals surface area contributed by atoms with E-state index in [4.69, 9.17) is 4.74 Å². The summed E-state index contributed by atoms with van der Waals surface area (Å²) in [6.45, 7) is 2.34. The molecule has 0 spiro atoms. The van der Waals surface area contributed by atoms with Crippen LogP contribution in [0.3, 0.4) is 0 Å². The van der Waals surface area contributed by atoms with Gasteiger partial charge in [-0.25, -0.2) is 0 Å². The molecule has 0 radical (unpaired) electrons. The van der Waals surface area contributed by atoms with Crippen molar-refractivity contribution in [3.8, 4) is 11.5 Å². The lowest BCUT2D eigenvalue weighted by atomic mass is 10.0. The van der Waals surface area contributed by atoms with Crippen LogP contribution in [0.5, 0.6) is 11.5 Å². The van der Waals surface area contributed by atoms with Crippen molar-refractivity contribution in [2.45, 2.75) is 20.1 Å². The third-order valence-electron chi connectivity index (χ3n) is 2.88. The summed E-state index contributed by atoms with van der Waals surface area (Å²) in [4.78, 5) is 0. The Morgan fingerprint density at radius 3 is 2.61 bits per heavy atom. The first-order chi connectivity index (χ1) is 8.70. The maximum atomic E-state index is 9.35. The van der Waals surface area contributed by atoms with E-state index in [1.807, 2.05) is 25.1 Å². The van der Waals surface area contributed by atoms with Gasteiger partial charge in [-0.2, -0.15) is 0 Å². The van der Waals surface area contributed by atoms with Crippen molar-refractivity contribution in [3.05, 3.63) is 59.2 Å². The Balaban J connectivity index is 2.13. The lowest BCUT2D eigenvalue weighted by Crippen LogP contribution is -2.02. The molecule has 0 aliphatic rings. The minimum Gasteiger partial charge on any atom is -0.508 e. The number of rotatable bonds is 4. The molecular weight excluding hydrogens is 228 g/mol. The predicted molar refractivity (Wildman–Crippen MR) is 69.5 cm³/mol. The molecule has 0 aliphatic heterocycles. The van der Waals surface area contributed by atoms with Crippen molar-refractivity contribution in [3.63, 3.8) is 0 Å². The van der Waals surface area contributed by atoms with Crippen LogP contribution in [0.2, 0.25) is 0 Å². The van der Waals surface area contributed by atoms with E-state index in [9.17, 15) is 10.2 Å².